The van der Waals surface area contributed by atoms with Crippen LogP contribution in [-0.4, -0.2) is 59.0 Å². The van der Waals surface area contributed by atoms with Gasteiger partial charge in [0.15, 0.2) is 5.69 Å². The molecule has 5 rings (SSSR count). The van der Waals surface area contributed by atoms with Crippen LogP contribution in [0.2, 0.25) is 5.02 Å². The van der Waals surface area contributed by atoms with E-state index in [1.165, 1.54) is 6.42 Å². The Labute approximate surface area is 187 Å². The third-order valence-electron chi connectivity index (χ3n) is 6.41. The molecule has 2 aromatic rings. The fourth-order valence-electron chi connectivity index (χ4n) is 4.77. The van der Waals surface area contributed by atoms with E-state index in [0.717, 1.165) is 43.9 Å². The number of benzene rings is 1. The van der Waals surface area contributed by atoms with Gasteiger partial charge in [-0.05, 0) is 48.6 Å². The summed E-state index contributed by atoms with van der Waals surface area (Å²) in [6.07, 6.45) is 2.95. The predicted molar refractivity (Wildman–Crippen MR) is 118 cm³/mol. The number of aryl methyl sites for hydroxylation is 1. The molecule has 0 radical (unpaired) electrons. The first-order chi connectivity index (χ1) is 14.8. The van der Waals surface area contributed by atoms with Gasteiger partial charge in [-0.3, -0.25) is 9.69 Å². The fourth-order valence-corrected chi connectivity index (χ4v) is 4.97. The van der Waals surface area contributed by atoms with Crippen LogP contribution in [0, 0.1) is 5.41 Å². The van der Waals surface area contributed by atoms with Crippen LogP contribution in [-0.2, 0) is 13.0 Å². The normalized spacial score (nSPS) is 24.6. The topological polar surface area (TPSA) is 68.6 Å². The number of nitrogens with one attached hydrogen (secondary N) is 1. The Morgan fingerprint density at radius 2 is 2.19 bits per heavy atom. The summed E-state index contributed by atoms with van der Waals surface area (Å²) in [5, 5.41) is 8.17. The monoisotopic (exact) mass is 444 g/mol. The fraction of sp³-hybridized carbons (Fsp3) is 0.565. The Hall–Kier alpha value is -2.25. The molecule has 7 nitrogen and oxygen atoms in total. The van der Waals surface area contributed by atoms with E-state index < -0.39 is 0 Å². The SMILES string of the molecule is CC1(C)CCN(CC2CCn3nc(C(=O)NC4COc5ccc(Cl)cc5C4)cc3O2)C1. The molecule has 2 atom stereocenters. The molecular formula is C23H29ClN4O3. The standard InChI is InChI=1S/C23H29ClN4O3/c1-23(2)6-8-27(14-23)12-18-5-7-28-21(31-18)11-19(26-28)22(29)25-17-10-15-9-16(24)3-4-20(15)30-13-17/h3-4,9,11,17-18H,5-8,10,12-14H2,1-2H3,(H,25,29). The highest BCUT2D eigenvalue weighted by Gasteiger charge is 2.32. The van der Waals surface area contributed by atoms with Gasteiger partial charge in [0.25, 0.3) is 5.91 Å². The van der Waals surface area contributed by atoms with E-state index in [9.17, 15) is 4.79 Å². The largest absolute Gasteiger partial charge is 0.491 e. The van der Waals surface area contributed by atoms with Gasteiger partial charge in [-0.1, -0.05) is 25.4 Å². The van der Waals surface area contributed by atoms with Crippen LogP contribution in [0.15, 0.2) is 24.3 Å². The number of ether oxygens (including phenoxy) is 2. The van der Waals surface area contributed by atoms with E-state index in [1.54, 1.807) is 10.7 Å². The molecule has 1 fully saturated rings. The summed E-state index contributed by atoms with van der Waals surface area (Å²) in [5.74, 6) is 1.30. The maximum Gasteiger partial charge on any atom is 0.272 e. The summed E-state index contributed by atoms with van der Waals surface area (Å²) in [5.41, 5.74) is 1.77. The average Bonchev–Trinajstić information content (AvgIpc) is 3.30. The molecule has 0 saturated carbocycles. The lowest BCUT2D eigenvalue weighted by Gasteiger charge is -2.29. The Kier molecular flexibility index (Phi) is 5.34. The number of nitrogens with zero attached hydrogens (tertiary/aromatic N) is 3. The van der Waals surface area contributed by atoms with Crippen LogP contribution in [0.4, 0.5) is 0 Å². The smallest absolute Gasteiger partial charge is 0.272 e. The van der Waals surface area contributed by atoms with Crippen LogP contribution < -0.4 is 14.8 Å². The van der Waals surface area contributed by atoms with Crippen LogP contribution in [0.1, 0.15) is 42.7 Å². The Balaban J connectivity index is 1.19. The molecule has 3 aliphatic heterocycles. The lowest BCUT2D eigenvalue weighted by Crippen LogP contribution is -2.42. The molecule has 2 unspecified atom stereocenters. The summed E-state index contributed by atoms with van der Waals surface area (Å²) in [7, 11) is 0. The second kappa shape index (κ2) is 8.02. The van der Waals surface area contributed by atoms with Gasteiger partial charge in [-0.25, -0.2) is 4.68 Å². The Bertz CT molecular complexity index is 989. The molecule has 1 aromatic carbocycles. The molecule has 0 bridgehead atoms. The highest BCUT2D eigenvalue weighted by atomic mass is 35.5. The van der Waals surface area contributed by atoms with Crippen molar-refractivity contribution in [3.8, 4) is 11.6 Å². The maximum atomic E-state index is 12.8. The van der Waals surface area contributed by atoms with E-state index in [0.29, 0.717) is 35.0 Å². The minimum absolute atomic E-state index is 0.121. The number of hydrogen-bond acceptors (Lipinski definition) is 5. The predicted octanol–water partition coefficient (Wildman–Crippen LogP) is 3.15. The molecule has 1 amide bonds. The van der Waals surface area contributed by atoms with Crippen LogP contribution >= 0.6 is 11.6 Å². The molecule has 31 heavy (non-hydrogen) atoms. The molecule has 1 aromatic heterocycles. The quantitative estimate of drug-likeness (QED) is 0.784. The summed E-state index contributed by atoms with van der Waals surface area (Å²) < 4.78 is 13.8. The zero-order valence-corrected chi connectivity index (χ0v) is 18.8. The number of aromatic nitrogens is 2. The van der Waals surface area contributed by atoms with Crippen molar-refractivity contribution >= 4 is 17.5 Å². The number of fused-ring (bicyclic) bond motifs is 2. The second-order valence-electron chi connectivity index (χ2n) is 9.71. The number of carbonyl (C=O) groups excluding carboxylic acids is 1. The van der Waals surface area contributed by atoms with E-state index in [2.05, 4.69) is 29.2 Å². The Morgan fingerprint density at radius 3 is 3.00 bits per heavy atom. The molecule has 166 valence electrons. The number of amides is 1. The lowest BCUT2D eigenvalue weighted by atomic mass is 9.93. The highest BCUT2D eigenvalue weighted by Crippen LogP contribution is 2.31. The number of hydrogen-bond donors (Lipinski definition) is 1. The van der Waals surface area contributed by atoms with Crippen LogP contribution in [0.25, 0.3) is 0 Å². The van der Waals surface area contributed by atoms with Crippen molar-refractivity contribution in [2.75, 3.05) is 26.2 Å². The van der Waals surface area contributed by atoms with Gasteiger partial charge in [0.1, 0.15) is 18.5 Å². The van der Waals surface area contributed by atoms with Crippen molar-refractivity contribution in [3.63, 3.8) is 0 Å². The molecule has 4 heterocycles. The summed E-state index contributed by atoms with van der Waals surface area (Å²) in [6, 6.07) is 7.21. The van der Waals surface area contributed by atoms with Gasteiger partial charge in [0.05, 0.1) is 6.04 Å². The van der Waals surface area contributed by atoms with Crippen molar-refractivity contribution in [3.05, 3.63) is 40.5 Å². The summed E-state index contributed by atoms with van der Waals surface area (Å²) in [6.45, 7) is 8.99. The van der Waals surface area contributed by atoms with E-state index in [4.69, 9.17) is 21.1 Å². The number of halogens is 1. The molecular weight excluding hydrogens is 416 g/mol. The first kappa shape index (κ1) is 20.6. The van der Waals surface area contributed by atoms with Gasteiger partial charge >= 0.3 is 0 Å². The highest BCUT2D eigenvalue weighted by molar-refractivity contribution is 6.30. The van der Waals surface area contributed by atoms with Crippen molar-refractivity contribution in [2.24, 2.45) is 5.41 Å². The number of likely N-dealkylation sites (tertiary alicyclic amines) is 1. The van der Waals surface area contributed by atoms with Crippen LogP contribution in [0.3, 0.4) is 0 Å². The zero-order chi connectivity index (χ0) is 21.6. The van der Waals surface area contributed by atoms with Crippen molar-refractivity contribution < 1.29 is 14.3 Å². The van der Waals surface area contributed by atoms with Crippen molar-refractivity contribution in [1.82, 2.24) is 20.0 Å². The second-order valence-corrected chi connectivity index (χ2v) is 10.1. The molecule has 1 N–H and O–H groups in total. The van der Waals surface area contributed by atoms with Gasteiger partial charge in [0, 0.05) is 37.1 Å². The first-order valence-corrected chi connectivity index (χ1v) is 11.4. The number of rotatable bonds is 4. The van der Waals surface area contributed by atoms with E-state index in [-0.39, 0.29) is 18.1 Å². The van der Waals surface area contributed by atoms with Crippen molar-refractivity contribution in [1.29, 1.82) is 0 Å². The van der Waals surface area contributed by atoms with Crippen LogP contribution in [0.5, 0.6) is 11.6 Å². The van der Waals surface area contributed by atoms with Gasteiger partial charge < -0.3 is 14.8 Å². The maximum absolute atomic E-state index is 12.8. The average molecular weight is 445 g/mol. The van der Waals surface area contributed by atoms with E-state index in [1.807, 2.05) is 18.2 Å². The minimum Gasteiger partial charge on any atom is -0.491 e. The Morgan fingerprint density at radius 1 is 1.32 bits per heavy atom. The number of carbonyl (C=O) groups is 1. The third-order valence-corrected chi connectivity index (χ3v) is 6.64. The van der Waals surface area contributed by atoms with Gasteiger partial charge in [-0.2, -0.15) is 5.10 Å². The third kappa shape index (κ3) is 4.53. The van der Waals surface area contributed by atoms with E-state index >= 15 is 0 Å². The van der Waals surface area contributed by atoms with Crippen molar-refractivity contribution in [2.45, 2.75) is 51.8 Å². The van der Waals surface area contributed by atoms with Gasteiger partial charge in [-0.15, -0.1) is 0 Å². The molecule has 1 saturated heterocycles. The van der Waals surface area contributed by atoms with Gasteiger partial charge in [0.2, 0.25) is 5.88 Å². The minimum atomic E-state index is -0.206. The molecule has 8 heteroatoms. The molecule has 0 aliphatic carbocycles. The first-order valence-electron chi connectivity index (χ1n) is 11.0. The summed E-state index contributed by atoms with van der Waals surface area (Å²) >= 11 is 6.09. The lowest BCUT2D eigenvalue weighted by molar-refractivity contribution is 0.0906. The zero-order valence-electron chi connectivity index (χ0n) is 18.1. The summed E-state index contributed by atoms with van der Waals surface area (Å²) in [4.78, 5) is 15.3. The molecule has 0 spiro atoms. The molecule has 3 aliphatic rings.